The van der Waals surface area contributed by atoms with Gasteiger partial charge < -0.3 is 19.7 Å². The molecule has 0 aliphatic heterocycles. The van der Waals surface area contributed by atoms with E-state index >= 15 is 0 Å². The second kappa shape index (κ2) is 10.7. The number of hydrogen-bond donors (Lipinski definition) is 1. The number of nitrogens with one attached hydrogen (secondary N) is 1. The highest BCUT2D eigenvalue weighted by Gasteiger charge is 2.25. The molecule has 1 aromatic carbocycles. The van der Waals surface area contributed by atoms with Crippen molar-refractivity contribution in [1.29, 1.82) is 0 Å². The van der Waals surface area contributed by atoms with Gasteiger partial charge in [0.1, 0.15) is 22.9 Å². The van der Waals surface area contributed by atoms with Gasteiger partial charge >= 0.3 is 5.97 Å². The van der Waals surface area contributed by atoms with Crippen molar-refractivity contribution in [2.24, 2.45) is 0 Å². The topological polar surface area (TPSA) is 67.9 Å². The Morgan fingerprint density at radius 1 is 1.13 bits per heavy atom. The van der Waals surface area contributed by atoms with Gasteiger partial charge in [0.15, 0.2) is 0 Å². The van der Waals surface area contributed by atoms with E-state index in [1.807, 2.05) is 23.6 Å². The second-order valence-electron chi connectivity index (χ2n) is 6.88. The number of carbonyl (C=O) groups is 2. The fourth-order valence-corrected chi connectivity index (χ4v) is 5.36. The van der Waals surface area contributed by atoms with Crippen LogP contribution in [0.3, 0.4) is 0 Å². The van der Waals surface area contributed by atoms with Crippen molar-refractivity contribution in [3.63, 3.8) is 0 Å². The molecule has 0 unspecified atom stereocenters. The molecule has 1 N–H and O–H groups in total. The van der Waals surface area contributed by atoms with Gasteiger partial charge in [0.2, 0.25) is 5.91 Å². The van der Waals surface area contributed by atoms with Crippen molar-refractivity contribution in [2.45, 2.75) is 27.7 Å². The molecule has 0 spiro atoms. The third-order valence-corrected chi connectivity index (χ3v) is 6.94. The number of carbonyl (C=O) groups excluding carboxylic acids is 2. The highest BCUT2D eigenvalue weighted by molar-refractivity contribution is 7.24. The molecule has 0 fully saturated rings. The zero-order valence-electron chi connectivity index (χ0n) is 18.3. The van der Waals surface area contributed by atoms with Crippen LogP contribution in [0.25, 0.3) is 20.5 Å². The van der Waals surface area contributed by atoms with Gasteiger partial charge in [0, 0.05) is 29.3 Å². The fraction of sp³-hybridized carbons (Fsp3) is 0.391. The Labute approximate surface area is 190 Å². The molecule has 0 saturated heterocycles. The van der Waals surface area contributed by atoms with Crippen LogP contribution >= 0.6 is 22.7 Å². The van der Waals surface area contributed by atoms with E-state index < -0.39 is 5.97 Å². The Morgan fingerprint density at radius 2 is 1.90 bits per heavy atom. The number of amides is 1. The molecule has 8 heteroatoms. The number of ether oxygens (including phenoxy) is 2. The van der Waals surface area contributed by atoms with E-state index in [9.17, 15) is 9.59 Å². The van der Waals surface area contributed by atoms with Crippen LogP contribution in [0.1, 0.15) is 38.1 Å². The summed E-state index contributed by atoms with van der Waals surface area (Å²) in [5, 5.41) is 6.03. The Balaban J connectivity index is 2.12. The van der Waals surface area contributed by atoms with Gasteiger partial charge in [0.05, 0.1) is 11.3 Å². The lowest BCUT2D eigenvalue weighted by Crippen LogP contribution is -2.28. The molecule has 1 amide bonds. The maximum Gasteiger partial charge on any atom is 0.341 e. The van der Waals surface area contributed by atoms with E-state index in [1.54, 1.807) is 18.3 Å². The van der Waals surface area contributed by atoms with Crippen molar-refractivity contribution >= 4 is 49.6 Å². The minimum absolute atomic E-state index is 0.236. The van der Waals surface area contributed by atoms with E-state index in [1.165, 1.54) is 18.3 Å². The number of esters is 1. The monoisotopic (exact) mass is 460 g/mol. The van der Waals surface area contributed by atoms with Crippen molar-refractivity contribution in [1.82, 2.24) is 4.90 Å². The average Bonchev–Trinajstić information content (AvgIpc) is 3.39. The summed E-state index contributed by atoms with van der Waals surface area (Å²) in [7, 11) is 0. The van der Waals surface area contributed by atoms with Gasteiger partial charge in [-0.05, 0) is 37.5 Å². The zero-order chi connectivity index (χ0) is 22.4. The first-order chi connectivity index (χ1) is 15.0. The highest BCUT2D eigenvalue weighted by atomic mass is 32.1. The van der Waals surface area contributed by atoms with Crippen LogP contribution in [-0.4, -0.2) is 49.6 Å². The standard InChI is InChI=1S/C23H28N2O4S2/c1-5-25(6-2)12-13-29-20-16(18-9-8-14-30-18)10-11-17-19(23(27)28-7-3)22(24-15(4)26)31-21(17)20/h8-11,14H,5-7,12-13H2,1-4H3,(H,24,26). The molecule has 6 nitrogen and oxygen atoms in total. The van der Waals surface area contributed by atoms with Gasteiger partial charge in [0.25, 0.3) is 0 Å². The predicted octanol–water partition coefficient (Wildman–Crippen LogP) is 5.49. The molecule has 3 rings (SSSR count). The average molecular weight is 461 g/mol. The van der Waals surface area contributed by atoms with Crippen molar-refractivity contribution in [3.05, 3.63) is 35.2 Å². The Kier molecular flexibility index (Phi) is 8.06. The molecular weight excluding hydrogens is 432 g/mol. The first kappa shape index (κ1) is 23.2. The summed E-state index contributed by atoms with van der Waals surface area (Å²) in [5.74, 6) is 0.0503. The quantitative estimate of drug-likeness (QED) is 0.406. The summed E-state index contributed by atoms with van der Waals surface area (Å²) in [6.07, 6.45) is 0. The first-order valence-electron chi connectivity index (χ1n) is 10.4. The van der Waals surface area contributed by atoms with Crippen molar-refractivity contribution < 1.29 is 19.1 Å². The molecular formula is C23H28N2O4S2. The maximum atomic E-state index is 12.7. The summed E-state index contributed by atoms with van der Waals surface area (Å²) < 4.78 is 12.4. The van der Waals surface area contributed by atoms with E-state index in [2.05, 4.69) is 30.1 Å². The van der Waals surface area contributed by atoms with E-state index in [4.69, 9.17) is 9.47 Å². The number of likely N-dealkylation sites (N-methyl/N-ethyl adjacent to an activating group) is 1. The normalized spacial score (nSPS) is 11.1. The minimum atomic E-state index is -0.449. The lowest BCUT2D eigenvalue weighted by Gasteiger charge is -2.19. The first-order valence-corrected chi connectivity index (χ1v) is 12.1. The molecule has 166 valence electrons. The molecule has 3 aromatic rings. The summed E-state index contributed by atoms with van der Waals surface area (Å²) >= 11 is 2.98. The summed E-state index contributed by atoms with van der Waals surface area (Å²) in [5.41, 5.74) is 1.36. The fourth-order valence-electron chi connectivity index (χ4n) is 3.38. The van der Waals surface area contributed by atoms with Crippen molar-refractivity contribution in [2.75, 3.05) is 38.2 Å². The summed E-state index contributed by atoms with van der Waals surface area (Å²) in [6.45, 7) is 11.0. The molecule has 2 aromatic heterocycles. The van der Waals surface area contributed by atoms with Crippen LogP contribution in [0, 0.1) is 0 Å². The summed E-state index contributed by atoms with van der Waals surface area (Å²) in [4.78, 5) is 27.9. The Bertz CT molecular complexity index is 1040. The molecule has 0 aliphatic carbocycles. The van der Waals surface area contributed by atoms with Gasteiger partial charge in [-0.15, -0.1) is 22.7 Å². The van der Waals surface area contributed by atoms with Crippen LogP contribution in [-0.2, 0) is 9.53 Å². The molecule has 0 aliphatic rings. The molecule has 0 atom stereocenters. The second-order valence-corrected chi connectivity index (χ2v) is 8.85. The van der Waals surface area contributed by atoms with E-state index in [0.29, 0.717) is 17.2 Å². The van der Waals surface area contributed by atoms with Crippen LogP contribution in [0.5, 0.6) is 5.75 Å². The Morgan fingerprint density at radius 3 is 2.52 bits per heavy atom. The summed E-state index contributed by atoms with van der Waals surface area (Å²) in [6, 6.07) is 7.95. The van der Waals surface area contributed by atoms with Gasteiger partial charge in [-0.2, -0.15) is 0 Å². The third kappa shape index (κ3) is 5.26. The number of anilines is 1. The lowest BCUT2D eigenvalue weighted by molar-refractivity contribution is -0.114. The molecule has 0 radical (unpaired) electrons. The largest absolute Gasteiger partial charge is 0.490 e. The lowest BCUT2D eigenvalue weighted by atomic mass is 10.1. The van der Waals surface area contributed by atoms with Crippen LogP contribution in [0.2, 0.25) is 0 Å². The Hall–Kier alpha value is -2.42. The minimum Gasteiger partial charge on any atom is -0.490 e. The molecule has 2 heterocycles. The molecule has 0 saturated carbocycles. The third-order valence-electron chi connectivity index (χ3n) is 4.92. The van der Waals surface area contributed by atoms with Crippen LogP contribution in [0.4, 0.5) is 5.00 Å². The highest BCUT2D eigenvalue weighted by Crippen LogP contribution is 2.46. The maximum absolute atomic E-state index is 12.7. The number of thiophene rings is 2. The van der Waals surface area contributed by atoms with Gasteiger partial charge in [-0.25, -0.2) is 4.79 Å². The van der Waals surface area contributed by atoms with E-state index in [0.717, 1.165) is 45.9 Å². The number of benzene rings is 1. The van der Waals surface area contributed by atoms with E-state index in [-0.39, 0.29) is 12.5 Å². The van der Waals surface area contributed by atoms with Crippen molar-refractivity contribution in [3.8, 4) is 16.2 Å². The number of hydrogen-bond acceptors (Lipinski definition) is 7. The van der Waals surface area contributed by atoms with Crippen LogP contribution in [0.15, 0.2) is 29.6 Å². The van der Waals surface area contributed by atoms with Gasteiger partial charge in [-0.1, -0.05) is 26.0 Å². The SMILES string of the molecule is CCOC(=O)c1c(NC(C)=O)sc2c(OCCN(CC)CC)c(-c3cccs3)ccc12. The predicted molar refractivity (Wildman–Crippen MR) is 129 cm³/mol. The molecule has 0 bridgehead atoms. The zero-order valence-corrected chi connectivity index (χ0v) is 20.0. The molecule has 31 heavy (non-hydrogen) atoms. The smallest absolute Gasteiger partial charge is 0.341 e. The van der Waals surface area contributed by atoms with Crippen LogP contribution < -0.4 is 10.1 Å². The van der Waals surface area contributed by atoms with Gasteiger partial charge in [-0.3, -0.25) is 4.79 Å². The number of fused-ring (bicyclic) bond motifs is 1. The number of rotatable bonds is 10. The number of nitrogens with zero attached hydrogens (tertiary/aromatic N) is 1.